The van der Waals surface area contributed by atoms with Gasteiger partial charge in [0.1, 0.15) is 0 Å². The van der Waals surface area contributed by atoms with Crippen molar-refractivity contribution in [2.75, 3.05) is 31.1 Å². The molecule has 8 heteroatoms. The predicted molar refractivity (Wildman–Crippen MR) is 80.8 cm³/mol. The third-order valence-electron chi connectivity index (χ3n) is 3.94. The lowest BCUT2D eigenvalue weighted by molar-refractivity contribution is -0.137. The number of hydrogen-bond acceptors (Lipinski definition) is 4. The molecule has 1 aliphatic rings. The second-order valence-corrected chi connectivity index (χ2v) is 5.66. The summed E-state index contributed by atoms with van der Waals surface area (Å²) in [5.74, 6) is -0.0701. The molecular formula is C16H16F3N3O2. The Morgan fingerprint density at radius 3 is 2.46 bits per heavy atom. The quantitative estimate of drug-likeness (QED) is 0.844. The number of amides is 1. The summed E-state index contributed by atoms with van der Waals surface area (Å²) in [5.41, 5.74) is 0.462. The number of piperazine rings is 1. The first-order valence-electron chi connectivity index (χ1n) is 7.49. The minimum atomic E-state index is -4.36. The van der Waals surface area contributed by atoms with Crippen LogP contribution in [-0.4, -0.2) is 42.1 Å². The second-order valence-electron chi connectivity index (χ2n) is 5.66. The van der Waals surface area contributed by atoms with Crippen LogP contribution >= 0.6 is 0 Å². The number of aryl methyl sites for hydroxylation is 1. The van der Waals surface area contributed by atoms with E-state index >= 15 is 0 Å². The lowest BCUT2D eigenvalue weighted by atomic mass is 10.1. The van der Waals surface area contributed by atoms with Gasteiger partial charge in [0.05, 0.1) is 11.3 Å². The van der Waals surface area contributed by atoms with Crippen LogP contribution in [-0.2, 0) is 6.18 Å². The summed E-state index contributed by atoms with van der Waals surface area (Å²) in [6.07, 6.45) is -4.36. The lowest BCUT2D eigenvalue weighted by Gasteiger charge is -2.35. The van der Waals surface area contributed by atoms with Crippen molar-refractivity contribution in [2.24, 2.45) is 0 Å². The summed E-state index contributed by atoms with van der Waals surface area (Å²) >= 11 is 0. The number of carbonyl (C=O) groups excluding carboxylic acids is 1. The molecule has 0 unspecified atom stereocenters. The fourth-order valence-corrected chi connectivity index (χ4v) is 2.67. The van der Waals surface area contributed by atoms with E-state index in [0.717, 1.165) is 12.1 Å². The molecule has 1 aromatic heterocycles. The monoisotopic (exact) mass is 339 g/mol. The highest BCUT2D eigenvalue weighted by Gasteiger charge is 2.31. The zero-order valence-electron chi connectivity index (χ0n) is 13.0. The van der Waals surface area contributed by atoms with E-state index < -0.39 is 11.7 Å². The molecule has 1 amide bonds. The molecule has 0 aliphatic carbocycles. The summed E-state index contributed by atoms with van der Waals surface area (Å²) in [6, 6.07) is 6.80. The highest BCUT2D eigenvalue weighted by Crippen LogP contribution is 2.31. The second kappa shape index (κ2) is 6.18. The summed E-state index contributed by atoms with van der Waals surface area (Å²) in [6.45, 7) is 3.47. The number of anilines is 1. The Kier molecular flexibility index (Phi) is 4.21. The van der Waals surface area contributed by atoms with E-state index in [2.05, 4.69) is 5.16 Å². The topological polar surface area (TPSA) is 49.6 Å². The molecule has 0 spiro atoms. The van der Waals surface area contributed by atoms with Gasteiger partial charge < -0.3 is 14.3 Å². The van der Waals surface area contributed by atoms with Crippen LogP contribution in [0.5, 0.6) is 0 Å². The molecule has 24 heavy (non-hydrogen) atoms. The van der Waals surface area contributed by atoms with Gasteiger partial charge in [0, 0.05) is 37.9 Å². The van der Waals surface area contributed by atoms with E-state index in [1.807, 2.05) is 4.90 Å². The van der Waals surface area contributed by atoms with Crippen molar-refractivity contribution in [1.82, 2.24) is 10.1 Å². The van der Waals surface area contributed by atoms with Crippen molar-refractivity contribution in [3.63, 3.8) is 0 Å². The molecular weight excluding hydrogens is 323 g/mol. The number of rotatable bonds is 2. The average molecular weight is 339 g/mol. The number of nitrogens with zero attached hydrogens (tertiary/aromatic N) is 3. The number of aromatic nitrogens is 1. The fourth-order valence-electron chi connectivity index (χ4n) is 2.67. The van der Waals surface area contributed by atoms with Gasteiger partial charge >= 0.3 is 6.18 Å². The van der Waals surface area contributed by atoms with Crippen molar-refractivity contribution < 1.29 is 22.5 Å². The zero-order chi connectivity index (χ0) is 17.3. The highest BCUT2D eigenvalue weighted by molar-refractivity contribution is 5.91. The summed E-state index contributed by atoms with van der Waals surface area (Å²) < 4.78 is 43.4. The van der Waals surface area contributed by atoms with Crippen LogP contribution in [0.15, 0.2) is 34.9 Å². The molecule has 0 atom stereocenters. The third kappa shape index (κ3) is 3.37. The van der Waals surface area contributed by atoms with E-state index in [9.17, 15) is 18.0 Å². The summed E-state index contributed by atoms with van der Waals surface area (Å²) in [5, 5.41) is 3.69. The lowest BCUT2D eigenvalue weighted by Crippen LogP contribution is -2.48. The van der Waals surface area contributed by atoms with Gasteiger partial charge in [-0.1, -0.05) is 11.2 Å². The highest BCUT2D eigenvalue weighted by atomic mass is 19.4. The SMILES string of the molecule is Cc1cc(C(=O)N2CCN(c3cccc(C(F)(F)F)c3)CC2)on1. The first kappa shape index (κ1) is 16.4. The maximum Gasteiger partial charge on any atom is 0.416 e. The molecule has 1 aliphatic heterocycles. The average Bonchev–Trinajstić information content (AvgIpc) is 3.00. The molecule has 0 saturated carbocycles. The molecule has 0 bridgehead atoms. The van der Waals surface area contributed by atoms with Crippen molar-refractivity contribution in [3.8, 4) is 0 Å². The first-order valence-corrected chi connectivity index (χ1v) is 7.49. The van der Waals surface area contributed by atoms with E-state index in [4.69, 9.17) is 4.52 Å². The zero-order valence-corrected chi connectivity index (χ0v) is 13.0. The maximum atomic E-state index is 12.8. The minimum Gasteiger partial charge on any atom is -0.368 e. The molecule has 1 saturated heterocycles. The predicted octanol–water partition coefficient (Wildman–Crippen LogP) is 2.96. The van der Waals surface area contributed by atoms with Crippen LogP contribution in [0.4, 0.5) is 18.9 Å². The van der Waals surface area contributed by atoms with Gasteiger partial charge in [-0.15, -0.1) is 0 Å². The normalized spacial score (nSPS) is 15.7. The van der Waals surface area contributed by atoms with E-state index in [-0.39, 0.29) is 11.7 Å². The summed E-state index contributed by atoms with van der Waals surface area (Å²) in [7, 11) is 0. The Hall–Kier alpha value is -2.51. The molecule has 5 nitrogen and oxygen atoms in total. The molecule has 2 aromatic rings. The van der Waals surface area contributed by atoms with Crippen LogP contribution in [0.2, 0.25) is 0 Å². The van der Waals surface area contributed by atoms with Crippen molar-refractivity contribution in [1.29, 1.82) is 0 Å². The summed E-state index contributed by atoms with van der Waals surface area (Å²) in [4.78, 5) is 15.7. The van der Waals surface area contributed by atoms with Gasteiger partial charge in [-0.25, -0.2) is 0 Å². The van der Waals surface area contributed by atoms with Gasteiger partial charge in [0.25, 0.3) is 5.91 Å². The molecule has 2 heterocycles. The van der Waals surface area contributed by atoms with E-state index in [0.29, 0.717) is 37.6 Å². The van der Waals surface area contributed by atoms with Gasteiger partial charge in [0.15, 0.2) is 0 Å². The smallest absolute Gasteiger partial charge is 0.368 e. The molecule has 0 N–H and O–H groups in total. The minimum absolute atomic E-state index is 0.181. The molecule has 3 rings (SSSR count). The van der Waals surface area contributed by atoms with Crippen LogP contribution in [0, 0.1) is 6.92 Å². The van der Waals surface area contributed by atoms with Crippen molar-refractivity contribution in [2.45, 2.75) is 13.1 Å². The Labute approximate surface area is 136 Å². The van der Waals surface area contributed by atoms with Crippen LogP contribution in [0.1, 0.15) is 21.8 Å². The fraction of sp³-hybridized carbons (Fsp3) is 0.375. The van der Waals surface area contributed by atoms with Crippen LogP contribution < -0.4 is 4.90 Å². The van der Waals surface area contributed by atoms with E-state index in [1.54, 1.807) is 24.0 Å². The Bertz CT molecular complexity index is 734. The van der Waals surface area contributed by atoms with Gasteiger partial charge in [-0.05, 0) is 25.1 Å². The van der Waals surface area contributed by atoms with Crippen molar-refractivity contribution >= 4 is 11.6 Å². The number of carbonyl (C=O) groups is 1. The van der Waals surface area contributed by atoms with Crippen molar-refractivity contribution in [3.05, 3.63) is 47.3 Å². The van der Waals surface area contributed by atoms with Gasteiger partial charge in [0.2, 0.25) is 5.76 Å². The maximum absolute atomic E-state index is 12.8. The standard InChI is InChI=1S/C16H16F3N3O2/c1-11-9-14(24-20-11)15(23)22-7-5-21(6-8-22)13-4-2-3-12(10-13)16(17,18)19/h2-4,9-10H,5-8H2,1H3. The van der Waals surface area contributed by atoms with Gasteiger partial charge in [-0.2, -0.15) is 13.2 Å². The Morgan fingerprint density at radius 1 is 1.17 bits per heavy atom. The molecule has 0 radical (unpaired) electrons. The first-order chi connectivity index (χ1) is 11.3. The van der Waals surface area contributed by atoms with E-state index in [1.165, 1.54) is 6.07 Å². The number of halogens is 3. The molecule has 1 aromatic carbocycles. The van der Waals surface area contributed by atoms with Crippen LogP contribution in [0.25, 0.3) is 0 Å². The molecule has 1 fully saturated rings. The number of hydrogen-bond donors (Lipinski definition) is 0. The molecule has 128 valence electrons. The third-order valence-corrected chi connectivity index (χ3v) is 3.94. The largest absolute Gasteiger partial charge is 0.416 e. The Balaban J connectivity index is 1.66. The number of benzene rings is 1. The van der Waals surface area contributed by atoms with Crippen LogP contribution in [0.3, 0.4) is 0 Å². The van der Waals surface area contributed by atoms with Gasteiger partial charge in [-0.3, -0.25) is 4.79 Å². The Morgan fingerprint density at radius 2 is 1.88 bits per heavy atom. The number of alkyl halides is 3.